The van der Waals surface area contributed by atoms with E-state index in [1.807, 2.05) is 21.1 Å². The maximum Gasteiger partial charge on any atom is 0.306 e. The number of hydrogen-bond acceptors (Lipinski definition) is 8. The van der Waals surface area contributed by atoms with Gasteiger partial charge in [-0.2, -0.15) is 0 Å². The number of hydrogen-bond donors (Lipinski definition) is 0. The van der Waals surface area contributed by atoms with E-state index in [2.05, 4.69) is 123 Å². The van der Waals surface area contributed by atoms with Gasteiger partial charge in [0.15, 0.2) is 12.4 Å². The Labute approximate surface area is 562 Å². The summed E-state index contributed by atoms with van der Waals surface area (Å²) in [7, 11) is 5.94. The summed E-state index contributed by atoms with van der Waals surface area (Å²) in [6.07, 6.45) is 97.7. The van der Waals surface area contributed by atoms with Crippen LogP contribution < -0.4 is 5.11 Å². The van der Waals surface area contributed by atoms with Gasteiger partial charge in [-0.05, 0) is 96.3 Å². The molecule has 0 rings (SSSR count). The topological polar surface area (TPSA) is 111 Å². The molecule has 524 valence electrons. The molecular weight excluding hydrogens is 1130 g/mol. The Balaban J connectivity index is 4.02. The predicted octanol–water partition coefficient (Wildman–Crippen LogP) is 22.8. The summed E-state index contributed by atoms with van der Waals surface area (Å²) in [5, 5.41) is 11.8. The first-order valence-corrected chi connectivity index (χ1v) is 38.0. The van der Waals surface area contributed by atoms with Crippen molar-refractivity contribution in [3.8, 4) is 0 Å². The minimum atomic E-state index is -1.63. The maximum absolute atomic E-state index is 13.0. The van der Waals surface area contributed by atoms with Gasteiger partial charge in [-0.25, -0.2) is 0 Å². The van der Waals surface area contributed by atoms with Crippen molar-refractivity contribution in [2.45, 2.75) is 347 Å². The average molecular weight is 1270 g/mol. The molecule has 9 heteroatoms. The highest BCUT2D eigenvalue weighted by atomic mass is 16.7. The van der Waals surface area contributed by atoms with Gasteiger partial charge in [-0.15, -0.1) is 0 Å². The van der Waals surface area contributed by atoms with Crippen molar-refractivity contribution in [1.29, 1.82) is 0 Å². The van der Waals surface area contributed by atoms with Crippen LogP contribution in [0.25, 0.3) is 0 Å². The molecule has 0 aliphatic heterocycles. The van der Waals surface area contributed by atoms with Crippen molar-refractivity contribution < 1.29 is 42.9 Å². The zero-order chi connectivity index (χ0) is 66.1. The van der Waals surface area contributed by atoms with E-state index in [0.717, 1.165) is 96.3 Å². The number of quaternary nitrogens is 1. The van der Waals surface area contributed by atoms with Crippen molar-refractivity contribution in [2.24, 2.45) is 0 Å². The van der Waals surface area contributed by atoms with Gasteiger partial charge >= 0.3 is 11.9 Å². The molecule has 0 saturated carbocycles. The lowest BCUT2D eigenvalue weighted by molar-refractivity contribution is -0.870. The van der Waals surface area contributed by atoms with Crippen LogP contribution in [-0.4, -0.2) is 82.3 Å². The molecule has 0 spiro atoms. The molecule has 2 atom stereocenters. The Morgan fingerprint density at radius 2 is 0.593 bits per heavy atom. The Morgan fingerprint density at radius 3 is 0.879 bits per heavy atom. The predicted molar refractivity (Wildman–Crippen MR) is 389 cm³/mol. The molecule has 0 bridgehead atoms. The van der Waals surface area contributed by atoms with E-state index in [1.54, 1.807) is 0 Å². The summed E-state index contributed by atoms with van der Waals surface area (Å²) in [6.45, 7) is 4.56. The second-order valence-electron chi connectivity index (χ2n) is 26.5. The summed E-state index contributed by atoms with van der Waals surface area (Å²) >= 11 is 0. The summed E-state index contributed by atoms with van der Waals surface area (Å²) in [4.78, 5) is 37.6. The molecule has 0 aromatic carbocycles. The number of esters is 2. The molecule has 0 aromatic heterocycles. The first-order valence-electron chi connectivity index (χ1n) is 38.0. The van der Waals surface area contributed by atoms with Gasteiger partial charge in [0.1, 0.15) is 13.2 Å². The quantitative estimate of drug-likeness (QED) is 0.0195. The van der Waals surface area contributed by atoms with Gasteiger partial charge in [0.2, 0.25) is 0 Å². The third-order valence-corrected chi connectivity index (χ3v) is 16.5. The molecule has 2 unspecified atom stereocenters. The lowest BCUT2D eigenvalue weighted by Gasteiger charge is -2.26. The van der Waals surface area contributed by atoms with E-state index in [-0.39, 0.29) is 32.2 Å². The number of allylic oxidation sites excluding steroid dienone is 18. The number of nitrogens with zero attached hydrogens (tertiary/aromatic N) is 1. The van der Waals surface area contributed by atoms with Crippen molar-refractivity contribution >= 4 is 17.9 Å². The molecule has 0 amide bonds. The van der Waals surface area contributed by atoms with Crippen LogP contribution in [0.1, 0.15) is 335 Å². The highest BCUT2D eigenvalue weighted by Gasteiger charge is 2.22. The van der Waals surface area contributed by atoms with Gasteiger partial charge in [0, 0.05) is 12.8 Å². The monoisotopic (exact) mass is 1270 g/mol. The second kappa shape index (κ2) is 71.8. The molecule has 0 radical (unpaired) electrons. The summed E-state index contributed by atoms with van der Waals surface area (Å²) in [5.74, 6) is -2.27. The van der Waals surface area contributed by atoms with Crippen molar-refractivity contribution in [3.05, 3.63) is 109 Å². The number of carboxylic acid groups (broad SMARTS) is 1. The minimum Gasteiger partial charge on any atom is -0.545 e. The molecule has 0 N–H and O–H groups in total. The summed E-state index contributed by atoms with van der Waals surface area (Å²) in [5.41, 5.74) is 0. The molecule has 9 nitrogen and oxygen atoms in total. The molecule has 0 aliphatic carbocycles. The Hall–Kier alpha value is -4.05. The minimum absolute atomic E-state index is 0.146. The SMILES string of the molecule is CC/C=C\C/C=C\C/C=C\C/C=C\C/C=C\CCCCCCCCCCCCCCCC(=O)OC(COC(=O)CCCCCCCCCCCCCCCCCCCCCCCCCC/C=C\C/C=C\C/C=C\C/C=C\CC)COC(OCC[N+](C)(C)C)C(=O)[O-]. The number of likely N-dealkylation sites (N-methyl/N-ethyl adjacent to an activating group) is 1. The molecule has 0 fully saturated rings. The van der Waals surface area contributed by atoms with Gasteiger partial charge in [-0.1, -0.05) is 335 Å². The van der Waals surface area contributed by atoms with Crippen LogP contribution in [0, 0.1) is 0 Å². The lowest BCUT2D eigenvalue weighted by Crippen LogP contribution is -2.44. The van der Waals surface area contributed by atoms with Crippen LogP contribution in [0.15, 0.2) is 109 Å². The van der Waals surface area contributed by atoms with Crippen LogP contribution in [0.4, 0.5) is 0 Å². The van der Waals surface area contributed by atoms with E-state index in [4.69, 9.17) is 18.9 Å². The van der Waals surface area contributed by atoms with Crippen LogP contribution >= 0.6 is 0 Å². The number of unbranched alkanes of at least 4 members (excludes halogenated alkanes) is 37. The maximum atomic E-state index is 13.0. The fourth-order valence-electron chi connectivity index (χ4n) is 10.8. The fraction of sp³-hybridized carbons (Fsp3) is 0.744. The smallest absolute Gasteiger partial charge is 0.306 e. The van der Waals surface area contributed by atoms with Crippen LogP contribution in [0.5, 0.6) is 0 Å². The standard InChI is InChI=1S/C82H143NO8/c1-6-8-10-12-14-16-18-20-22-24-26-28-30-32-34-36-37-38-39-40-41-42-43-45-46-48-50-52-54-56-58-60-62-64-66-68-70-72-79(84)89-76-78(77-90-82(81(86)87)88-75-74-83(3,4)5)91-80(85)73-71-69-67-65-63-61-59-57-55-53-51-49-47-44-35-33-31-29-27-25-23-21-19-17-15-13-11-9-7-2/h8-11,14-17,20-23,26-29,33,35,78,82H,6-7,12-13,18-19,24-25,30-32,34,36-77H2,1-5H3/b10-8-,11-9-,16-14-,17-15-,22-20-,23-21-,28-26-,29-27-,35-33-. The molecule has 0 heterocycles. The number of carbonyl (C=O) groups excluding carboxylic acids is 3. The van der Waals surface area contributed by atoms with Crippen LogP contribution in [0.2, 0.25) is 0 Å². The zero-order valence-electron chi connectivity index (χ0n) is 59.9. The third kappa shape index (κ3) is 73.2. The molecular formula is C82H143NO8. The normalized spacial score (nSPS) is 13.3. The van der Waals surface area contributed by atoms with Gasteiger partial charge < -0.3 is 33.3 Å². The molecule has 0 aromatic rings. The summed E-state index contributed by atoms with van der Waals surface area (Å²) < 4.78 is 22.8. The van der Waals surface area contributed by atoms with Crippen LogP contribution in [0.3, 0.4) is 0 Å². The van der Waals surface area contributed by atoms with Crippen molar-refractivity contribution in [3.63, 3.8) is 0 Å². The van der Waals surface area contributed by atoms with E-state index >= 15 is 0 Å². The van der Waals surface area contributed by atoms with E-state index < -0.39 is 24.3 Å². The van der Waals surface area contributed by atoms with E-state index in [1.165, 1.54) is 205 Å². The van der Waals surface area contributed by atoms with Gasteiger partial charge in [-0.3, -0.25) is 9.59 Å². The lowest BCUT2D eigenvalue weighted by atomic mass is 10.0. The molecule has 0 aliphatic rings. The Kier molecular flexibility index (Phi) is 68.6. The highest BCUT2D eigenvalue weighted by Crippen LogP contribution is 2.18. The second-order valence-corrected chi connectivity index (χ2v) is 26.5. The van der Waals surface area contributed by atoms with E-state index in [9.17, 15) is 19.5 Å². The number of ether oxygens (including phenoxy) is 4. The van der Waals surface area contributed by atoms with E-state index in [0.29, 0.717) is 23.9 Å². The highest BCUT2D eigenvalue weighted by molar-refractivity contribution is 5.70. The van der Waals surface area contributed by atoms with Crippen molar-refractivity contribution in [2.75, 3.05) is 47.5 Å². The van der Waals surface area contributed by atoms with Crippen LogP contribution in [-0.2, 0) is 33.3 Å². The third-order valence-electron chi connectivity index (χ3n) is 16.5. The molecule has 0 saturated heterocycles. The first-order chi connectivity index (χ1) is 44.6. The number of aliphatic carboxylic acids is 1. The fourth-order valence-corrected chi connectivity index (χ4v) is 10.8. The Morgan fingerprint density at radius 1 is 0.330 bits per heavy atom. The number of rotatable bonds is 70. The number of carbonyl (C=O) groups is 3. The summed E-state index contributed by atoms with van der Waals surface area (Å²) in [6, 6.07) is 0. The van der Waals surface area contributed by atoms with Gasteiger partial charge in [0.25, 0.3) is 0 Å². The first kappa shape index (κ1) is 87.0. The number of carboxylic acids is 1. The Bertz CT molecular complexity index is 1870. The van der Waals surface area contributed by atoms with Gasteiger partial charge in [0.05, 0.1) is 40.3 Å². The molecule has 91 heavy (non-hydrogen) atoms. The van der Waals surface area contributed by atoms with Crippen molar-refractivity contribution in [1.82, 2.24) is 0 Å². The zero-order valence-corrected chi connectivity index (χ0v) is 59.9. The average Bonchev–Trinajstić information content (AvgIpc) is 3.66. The largest absolute Gasteiger partial charge is 0.545 e.